The molecule has 1 aromatic carbocycles. The molecule has 104 valence electrons. The van der Waals surface area contributed by atoms with Crippen molar-refractivity contribution in [3.05, 3.63) is 39.4 Å². The second-order valence-corrected chi connectivity index (χ2v) is 5.91. The Morgan fingerprint density at radius 2 is 1.95 bits per heavy atom. The van der Waals surface area contributed by atoms with E-state index >= 15 is 0 Å². The minimum Gasteiger partial charge on any atom is -0.465 e. The molecule has 0 saturated carbocycles. The Morgan fingerprint density at radius 3 is 2.47 bits per heavy atom. The van der Waals surface area contributed by atoms with Gasteiger partial charge in [-0.1, -0.05) is 23.4 Å². The number of carbonyl (C=O) groups is 1. The highest BCUT2D eigenvalue weighted by molar-refractivity contribution is 8.04. The zero-order valence-electron chi connectivity index (χ0n) is 11.8. The van der Waals surface area contributed by atoms with Crippen LogP contribution in [-0.2, 0) is 9.53 Å². The zero-order valence-corrected chi connectivity index (χ0v) is 13.4. The highest BCUT2D eigenvalue weighted by Gasteiger charge is 2.14. The van der Waals surface area contributed by atoms with Gasteiger partial charge in [0.05, 0.1) is 7.11 Å². The molecule has 1 aromatic rings. The highest BCUT2D eigenvalue weighted by atomic mass is 35.5. The van der Waals surface area contributed by atoms with Crippen molar-refractivity contribution in [2.75, 3.05) is 21.2 Å². The van der Waals surface area contributed by atoms with Gasteiger partial charge in [-0.3, -0.25) is 0 Å². The molecular weight excluding hydrogens is 282 g/mol. The number of carbonyl (C=O) groups excluding carboxylic acids is 1. The fourth-order valence-electron chi connectivity index (χ4n) is 1.44. The Hall–Kier alpha value is -1.13. The molecule has 3 nitrogen and oxygen atoms in total. The lowest BCUT2D eigenvalue weighted by atomic mass is 10.2. The van der Waals surface area contributed by atoms with Gasteiger partial charge in [0.25, 0.3) is 0 Å². The Kier molecular flexibility index (Phi) is 5.76. The second kappa shape index (κ2) is 6.87. The van der Waals surface area contributed by atoms with E-state index in [9.17, 15) is 4.79 Å². The lowest BCUT2D eigenvalue weighted by molar-refractivity contribution is -0.135. The van der Waals surface area contributed by atoms with Gasteiger partial charge in [-0.15, -0.1) is 0 Å². The molecule has 1 rings (SSSR count). The Labute approximate surface area is 123 Å². The molecule has 0 radical (unpaired) electrons. The van der Waals surface area contributed by atoms with Crippen LogP contribution in [0, 0.1) is 13.8 Å². The van der Waals surface area contributed by atoms with Crippen LogP contribution in [0.25, 0.3) is 0 Å². The number of hydrogen-bond donors (Lipinski definition) is 0. The van der Waals surface area contributed by atoms with Crippen LogP contribution in [-0.4, -0.2) is 32.1 Å². The summed E-state index contributed by atoms with van der Waals surface area (Å²) in [4.78, 5) is 15.1. The molecule has 0 aromatic heterocycles. The molecule has 0 fully saturated rings. The molecule has 0 bridgehead atoms. The molecule has 0 atom stereocenters. The van der Waals surface area contributed by atoms with Crippen molar-refractivity contribution in [3.8, 4) is 0 Å². The number of aryl methyl sites for hydroxylation is 2. The third kappa shape index (κ3) is 4.48. The van der Waals surface area contributed by atoms with Gasteiger partial charge >= 0.3 is 5.97 Å². The maximum Gasteiger partial charge on any atom is 0.346 e. The summed E-state index contributed by atoms with van der Waals surface area (Å²) in [6.45, 7) is 3.91. The minimum absolute atomic E-state index is 0.342. The first kappa shape index (κ1) is 15.9. The molecular formula is C14H18ClNO2S. The maximum atomic E-state index is 11.8. The van der Waals surface area contributed by atoms with Crippen molar-refractivity contribution in [2.24, 2.45) is 0 Å². The van der Waals surface area contributed by atoms with Crippen LogP contribution in [0.15, 0.2) is 28.1 Å². The summed E-state index contributed by atoms with van der Waals surface area (Å²) in [5.74, 6) is -0.342. The van der Waals surface area contributed by atoms with E-state index in [2.05, 4.69) is 0 Å². The van der Waals surface area contributed by atoms with Crippen LogP contribution in [0.5, 0.6) is 0 Å². The van der Waals surface area contributed by atoms with Crippen LogP contribution in [0.4, 0.5) is 0 Å². The van der Waals surface area contributed by atoms with Crippen molar-refractivity contribution >= 4 is 29.3 Å². The second-order valence-electron chi connectivity index (χ2n) is 4.42. The average molecular weight is 300 g/mol. The van der Waals surface area contributed by atoms with Gasteiger partial charge in [0, 0.05) is 30.2 Å². The molecule has 0 aliphatic rings. The Bertz CT molecular complexity index is 512. The van der Waals surface area contributed by atoms with E-state index in [1.165, 1.54) is 18.9 Å². The molecule has 0 saturated heterocycles. The van der Waals surface area contributed by atoms with Crippen LogP contribution in [0.1, 0.15) is 11.1 Å². The lowest BCUT2D eigenvalue weighted by Crippen LogP contribution is -2.09. The molecule has 0 heterocycles. The molecule has 0 spiro atoms. The SMILES string of the molecule is COC(=O)/C(=C\N(C)C)Sc1cc(C)c(Cl)cc1C. The molecule has 0 unspecified atom stereocenters. The lowest BCUT2D eigenvalue weighted by Gasteiger charge is -2.12. The first-order valence-electron chi connectivity index (χ1n) is 5.76. The maximum absolute atomic E-state index is 11.8. The number of nitrogens with zero attached hydrogens (tertiary/aromatic N) is 1. The number of methoxy groups -OCH3 is 1. The van der Waals surface area contributed by atoms with Crippen LogP contribution in [0.2, 0.25) is 5.02 Å². The summed E-state index contributed by atoms with van der Waals surface area (Å²) in [7, 11) is 5.11. The number of rotatable bonds is 4. The summed E-state index contributed by atoms with van der Waals surface area (Å²) in [5, 5.41) is 0.734. The Morgan fingerprint density at radius 1 is 1.32 bits per heavy atom. The summed E-state index contributed by atoms with van der Waals surface area (Å²) in [6, 6.07) is 3.89. The first-order chi connectivity index (χ1) is 8.85. The van der Waals surface area contributed by atoms with E-state index in [0.717, 1.165) is 21.0 Å². The molecule has 0 amide bonds. The normalized spacial score (nSPS) is 11.4. The molecule has 0 aliphatic heterocycles. The zero-order chi connectivity index (χ0) is 14.6. The standard InChI is InChI=1S/C14H18ClNO2S/c1-9-7-12(10(2)6-11(9)15)19-13(8-16(3)4)14(17)18-5/h6-8H,1-5H3/b13-8+. The third-order valence-corrected chi connectivity index (χ3v) is 4.00. The van der Waals surface area contributed by atoms with Crippen molar-refractivity contribution in [2.45, 2.75) is 18.7 Å². The predicted octanol–water partition coefficient (Wildman–Crippen LogP) is 3.62. The smallest absolute Gasteiger partial charge is 0.346 e. The number of benzene rings is 1. The fraction of sp³-hybridized carbons (Fsp3) is 0.357. The van der Waals surface area contributed by atoms with Gasteiger partial charge in [0.15, 0.2) is 0 Å². The molecule has 0 N–H and O–H groups in total. The monoisotopic (exact) mass is 299 g/mol. The van der Waals surface area contributed by atoms with Crippen molar-refractivity contribution in [1.29, 1.82) is 0 Å². The average Bonchev–Trinajstić information content (AvgIpc) is 2.33. The van der Waals surface area contributed by atoms with Gasteiger partial charge in [-0.05, 0) is 37.1 Å². The van der Waals surface area contributed by atoms with Crippen molar-refractivity contribution < 1.29 is 9.53 Å². The van der Waals surface area contributed by atoms with Crippen LogP contribution < -0.4 is 0 Å². The van der Waals surface area contributed by atoms with E-state index in [4.69, 9.17) is 16.3 Å². The summed E-state index contributed by atoms with van der Waals surface area (Å²) in [6.07, 6.45) is 1.75. The van der Waals surface area contributed by atoms with Gasteiger partial charge in [0.1, 0.15) is 4.91 Å². The molecule has 5 heteroatoms. The largest absolute Gasteiger partial charge is 0.465 e. The number of halogens is 1. The minimum atomic E-state index is -0.342. The fourth-order valence-corrected chi connectivity index (χ4v) is 2.78. The van der Waals surface area contributed by atoms with E-state index in [-0.39, 0.29) is 5.97 Å². The van der Waals surface area contributed by atoms with Crippen molar-refractivity contribution in [3.63, 3.8) is 0 Å². The Balaban J connectivity index is 3.10. The first-order valence-corrected chi connectivity index (χ1v) is 6.95. The van der Waals surface area contributed by atoms with E-state index < -0.39 is 0 Å². The quantitative estimate of drug-likeness (QED) is 0.482. The van der Waals surface area contributed by atoms with Gasteiger partial charge in [0.2, 0.25) is 0 Å². The third-order valence-electron chi connectivity index (χ3n) is 2.44. The molecule has 0 aliphatic carbocycles. The van der Waals surface area contributed by atoms with E-state index in [1.54, 1.807) is 6.20 Å². The van der Waals surface area contributed by atoms with Crippen molar-refractivity contribution in [1.82, 2.24) is 4.90 Å². The number of ether oxygens (including phenoxy) is 1. The summed E-state index contributed by atoms with van der Waals surface area (Å²) >= 11 is 7.46. The molecule has 19 heavy (non-hydrogen) atoms. The van der Waals surface area contributed by atoms with Gasteiger partial charge in [-0.25, -0.2) is 4.79 Å². The van der Waals surface area contributed by atoms with Gasteiger partial charge < -0.3 is 9.64 Å². The van der Waals surface area contributed by atoms with Crippen LogP contribution >= 0.6 is 23.4 Å². The number of thioether (sulfide) groups is 1. The number of hydrogen-bond acceptors (Lipinski definition) is 4. The van der Waals surface area contributed by atoms with Crippen LogP contribution in [0.3, 0.4) is 0 Å². The van der Waals surface area contributed by atoms with E-state index in [0.29, 0.717) is 4.91 Å². The summed E-state index contributed by atoms with van der Waals surface area (Å²) < 4.78 is 4.80. The number of esters is 1. The van der Waals surface area contributed by atoms with E-state index in [1.807, 2.05) is 45.0 Å². The highest BCUT2D eigenvalue weighted by Crippen LogP contribution is 2.33. The topological polar surface area (TPSA) is 29.5 Å². The summed E-state index contributed by atoms with van der Waals surface area (Å²) in [5.41, 5.74) is 2.03. The van der Waals surface area contributed by atoms with Gasteiger partial charge in [-0.2, -0.15) is 0 Å². The predicted molar refractivity (Wildman–Crippen MR) is 80.6 cm³/mol.